The number of hydrazine groups is 1. The summed E-state index contributed by atoms with van der Waals surface area (Å²) in [5.41, 5.74) is 6.21. The summed E-state index contributed by atoms with van der Waals surface area (Å²) in [7, 11) is 0. The van der Waals surface area contributed by atoms with Gasteiger partial charge in [-0.3, -0.25) is 16.0 Å². The summed E-state index contributed by atoms with van der Waals surface area (Å²) in [5, 5.41) is 7.49. The molecule has 1 atom stereocenters. The highest BCUT2D eigenvalue weighted by Gasteiger charge is 2.22. The molecule has 0 aliphatic carbocycles. The van der Waals surface area contributed by atoms with Gasteiger partial charge < -0.3 is 0 Å². The molecule has 0 radical (unpaired) electrons. The van der Waals surface area contributed by atoms with Crippen LogP contribution in [0.4, 0.5) is 0 Å². The lowest BCUT2D eigenvalue weighted by molar-refractivity contribution is 0.521. The van der Waals surface area contributed by atoms with E-state index in [-0.39, 0.29) is 6.04 Å². The molecule has 2 heterocycles. The Hall–Kier alpha value is -0.400. The number of nitrogens with one attached hydrogen (secondary N) is 1. The van der Waals surface area contributed by atoms with Gasteiger partial charge in [0.05, 0.1) is 26.9 Å². The Bertz CT molecular complexity index is 623. The van der Waals surface area contributed by atoms with Crippen molar-refractivity contribution in [3.05, 3.63) is 36.7 Å². The van der Waals surface area contributed by atoms with Crippen LogP contribution in [0.1, 0.15) is 41.7 Å². The van der Waals surface area contributed by atoms with Crippen molar-refractivity contribution in [2.45, 2.75) is 46.2 Å². The second-order valence-corrected chi connectivity index (χ2v) is 6.98. The van der Waals surface area contributed by atoms with Gasteiger partial charge in [-0.25, -0.2) is 0 Å². The number of aromatic nitrogens is 2. The maximum atomic E-state index is 6.38. The molecule has 0 aliphatic heterocycles. The highest BCUT2D eigenvalue weighted by atomic mass is 79.9. The van der Waals surface area contributed by atoms with Gasteiger partial charge in [0.2, 0.25) is 0 Å². The van der Waals surface area contributed by atoms with E-state index in [0.29, 0.717) is 0 Å². The Morgan fingerprint density at radius 3 is 2.71 bits per heavy atom. The van der Waals surface area contributed by atoms with Crippen LogP contribution in [0.5, 0.6) is 0 Å². The van der Waals surface area contributed by atoms with Crippen molar-refractivity contribution in [3.63, 3.8) is 0 Å². The molecule has 0 aliphatic rings. The molecule has 2 aromatic rings. The van der Waals surface area contributed by atoms with Gasteiger partial charge in [0.25, 0.3) is 0 Å². The van der Waals surface area contributed by atoms with Crippen molar-refractivity contribution < 1.29 is 0 Å². The van der Waals surface area contributed by atoms with Crippen LogP contribution in [0.15, 0.2) is 9.85 Å². The fraction of sp³-hybridized carbons (Fsp3) is 0.500. The van der Waals surface area contributed by atoms with E-state index in [9.17, 15) is 0 Å². The molecule has 0 bridgehead atoms. The van der Waals surface area contributed by atoms with Crippen LogP contribution in [0, 0.1) is 6.92 Å². The van der Waals surface area contributed by atoms with E-state index in [1.165, 1.54) is 0 Å². The number of hydrogen-bond acceptors (Lipinski definition) is 4. The normalized spacial score (nSPS) is 12.9. The summed E-state index contributed by atoms with van der Waals surface area (Å²) in [6.45, 7) is 7.05. The SMILES string of the molecule is CCc1nn(CC)c(CC(NN)c2scc(C)c2Cl)c1Br. The van der Waals surface area contributed by atoms with Crippen LogP contribution in [0.2, 0.25) is 5.02 Å². The Labute approximate surface area is 142 Å². The van der Waals surface area contributed by atoms with Crippen LogP contribution in [-0.4, -0.2) is 9.78 Å². The first-order valence-electron chi connectivity index (χ1n) is 6.97. The van der Waals surface area contributed by atoms with E-state index in [4.69, 9.17) is 17.4 Å². The van der Waals surface area contributed by atoms with Crippen LogP contribution in [-0.2, 0) is 19.4 Å². The number of nitrogens with zero attached hydrogens (tertiary/aromatic N) is 2. The summed E-state index contributed by atoms with van der Waals surface area (Å²) in [6.07, 6.45) is 1.65. The number of nitrogens with two attached hydrogens (primary N) is 1. The van der Waals surface area contributed by atoms with Gasteiger partial charge in [0.15, 0.2) is 0 Å². The molecular weight excluding hydrogens is 372 g/mol. The molecule has 0 aromatic carbocycles. The molecule has 7 heteroatoms. The number of thiophene rings is 1. The largest absolute Gasteiger partial charge is 0.271 e. The monoisotopic (exact) mass is 390 g/mol. The lowest BCUT2D eigenvalue weighted by Crippen LogP contribution is -2.30. The topological polar surface area (TPSA) is 55.9 Å². The maximum Gasteiger partial charge on any atom is 0.0766 e. The molecule has 2 rings (SSSR count). The third-order valence-corrected chi connectivity index (χ3v) is 6.28. The van der Waals surface area contributed by atoms with Crippen LogP contribution in [0.25, 0.3) is 0 Å². The highest BCUT2D eigenvalue weighted by molar-refractivity contribution is 9.10. The first kappa shape index (κ1) is 17.0. The summed E-state index contributed by atoms with van der Waals surface area (Å²) in [4.78, 5) is 1.07. The van der Waals surface area contributed by atoms with E-state index in [1.54, 1.807) is 11.3 Å². The summed E-state index contributed by atoms with van der Waals surface area (Å²) in [6, 6.07) is -0.0146. The lowest BCUT2D eigenvalue weighted by Gasteiger charge is -2.16. The quantitative estimate of drug-likeness (QED) is 0.578. The minimum atomic E-state index is -0.0146. The number of aryl methyl sites for hydroxylation is 3. The minimum absolute atomic E-state index is 0.0146. The zero-order valence-corrected chi connectivity index (χ0v) is 15.6. The summed E-state index contributed by atoms with van der Waals surface area (Å²) in [5.74, 6) is 5.76. The summed E-state index contributed by atoms with van der Waals surface area (Å²) < 4.78 is 3.11. The number of halogens is 2. The molecule has 0 saturated heterocycles. The molecule has 4 nitrogen and oxygen atoms in total. The van der Waals surface area contributed by atoms with Crippen molar-refractivity contribution in [2.24, 2.45) is 5.84 Å². The Morgan fingerprint density at radius 1 is 1.52 bits per heavy atom. The van der Waals surface area contributed by atoms with Crippen LogP contribution < -0.4 is 11.3 Å². The van der Waals surface area contributed by atoms with Gasteiger partial charge in [0, 0.05) is 17.8 Å². The first-order chi connectivity index (χ1) is 10.0. The predicted molar refractivity (Wildman–Crippen MR) is 92.8 cm³/mol. The standard InChI is InChI=1S/C14H20BrClN4S/c1-4-9-12(15)11(20(5-2)19-9)6-10(18-17)14-13(16)8(3)7-21-14/h7,10,18H,4-6,17H2,1-3H3. The molecule has 116 valence electrons. The summed E-state index contributed by atoms with van der Waals surface area (Å²) >= 11 is 11.7. The van der Waals surface area contributed by atoms with Crippen LogP contribution >= 0.6 is 38.9 Å². The van der Waals surface area contributed by atoms with Gasteiger partial charge in [-0.15, -0.1) is 11.3 Å². The maximum absolute atomic E-state index is 6.38. The van der Waals surface area contributed by atoms with E-state index >= 15 is 0 Å². The van der Waals surface area contributed by atoms with Crippen molar-refractivity contribution in [1.82, 2.24) is 15.2 Å². The van der Waals surface area contributed by atoms with Crippen molar-refractivity contribution in [3.8, 4) is 0 Å². The van der Waals surface area contributed by atoms with Crippen molar-refractivity contribution >= 4 is 38.9 Å². The second kappa shape index (κ2) is 7.24. The van der Waals surface area contributed by atoms with Gasteiger partial charge >= 0.3 is 0 Å². The van der Waals surface area contributed by atoms with Crippen molar-refractivity contribution in [2.75, 3.05) is 0 Å². The molecule has 3 N–H and O–H groups in total. The molecule has 2 aromatic heterocycles. The van der Waals surface area contributed by atoms with E-state index in [2.05, 4.69) is 45.7 Å². The molecular formula is C14H20BrClN4S. The zero-order valence-electron chi connectivity index (χ0n) is 12.4. The molecule has 0 fully saturated rings. The molecule has 0 saturated carbocycles. The van der Waals surface area contributed by atoms with Gasteiger partial charge in [-0.2, -0.15) is 5.10 Å². The van der Waals surface area contributed by atoms with Crippen LogP contribution in [0.3, 0.4) is 0 Å². The van der Waals surface area contributed by atoms with E-state index in [1.807, 2.05) is 11.6 Å². The average Bonchev–Trinajstić information content (AvgIpc) is 2.98. The average molecular weight is 392 g/mol. The van der Waals surface area contributed by atoms with E-state index in [0.717, 1.165) is 50.7 Å². The molecule has 21 heavy (non-hydrogen) atoms. The third kappa shape index (κ3) is 3.35. The first-order valence-corrected chi connectivity index (χ1v) is 9.02. The van der Waals surface area contributed by atoms with Gasteiger partial charge in [-0.05, 0) is 47.1 Å². The smallest absolute Gasteiger partial charge is 0.0766 e. The second-order valence-electron chi connectivity index (χ2n) is 4.90. The Kier molecular flexibility index (Phi) is 5.85. The Balaban J connectivity index is 2.35. The van der Waals surface area contributed by atoms with Gasteiger partial charge in [-0.1, -0.05) is 18.5 Å². The predicted octanol–water partition coefficient (Wildman–Crippen LogP) is 4.00. The fourth-order valence-corrected chi connectivity index (χ4v) is 4.43. The number of hydrogen-bond donors (Lipinski definition) is 2. The highest BCUT2D eigenvalue weighted by Crippen LogP contribution is 2.35. The molecule has 0 spiro atoms. The van der Waals surface area contributed by atoms with E-state index < -0.39 is 0 Å². The third-order valence-electron chi connectivity index (χ3n) is 3.53. The zero-order chi connectivity index (χ0) is 15.6. The number of rotatable bonds is 6. The lowest BCUT2D eigenvalue weighted by atomic mass is 10.1. The molecule has 0 amide bonds. The Morgan fingerprint density at radius 2 is 2.24 bits per heavy atom. The van der Waals surface area contributed by atoms with Gasteiger partial charge in [0.1, 0.15) is 0 Å². The molecule has 1 unspecified atom stereocenters. The van der Waals surface area contributed by atoms with Crippen molar-refractivity contribution in [1.29, 1.82) is 0 Å². The minimum Gasteiger partial charge on any atom is -0.271 e. The fourth-order valence-electron chi connectivity index (χ4n) is 2.32.